The monoisotopic (exact) mass is 690 g/mol. The summed E-state index contributed by atoms with van der Waals surface area (Å²) in [5.74, 6) is 0. The van der Waals surface area contributed by atoms with Gasteiger partial charge in [0.2, 0.25) is 0 Å². The third-order valence-electron chi connectivity index (χ3n) is 6.47. The molecular formula is C37H35HfP-2. The Morgan fingerprint density at radius 3 is 1.85 bits per heavy atom. The summed E-state index contributed by atoms with van der Waals surface area (Å²) in [4.78, 5) is 0. The smallest absolute Gasteiger partial charge is 0 e. The summed E-state index contributed by atoms with van der Waals surface area (Å²) in [5.41, 5.74) is 2.74. The van der Waals surface area contributed by atoms with Gasteiger partial charge >= 0.3 is 0 Å². The predicted octanol–water partition coefficient (Wildman–Crippen LogP) is 9.24. The van der Waals surface area contributed by atoms with E-state index in [9.17, 15) is 0 Å². The van der Waals surface area contributed by atoms with Gasteiger partial charge in [0.05, 0.1) is 0 Å². The Kier molecular flexibility index (Phi) is 12.1. The average Bonchev–Trinajstić information content (AvgIpc) is 3.62. The molecule has 0 aliphatic carbocycles. The minimum absolute atomic E-state index is 0. The molecule has 0 aliphatic rings. The summed E-state index contributed by atoms with van der Waals surface area (Å²) >= 11 is 0. The quantitative estimate of drug-likeness (QED) is 0.0750. The molecule has 0 amide bonds. The fraction of sp³-hybridized carbons (Fsp3) is 0.0811. The average molecular weight is 689 g/mol. The van der Waals surface area contributed by atoms with Gasteiger partial charge in [0.25, 0.3) is 0 Å². The molecule has 0 N–H and O–H groups in total. The van der Waals surface area contributed by atoms with Crippen molar-refractivity contribution >= 4 is 45.4 Å². The van der Waals surface area contributed by atoms with E-state index in [4.69, 9.17) is 0 Å². The maximum Gasteiger partial charge on any atom is 0 e. The normalized spacial score (nSPS) is 10.5. The Hall–Kier alpha value is -3.12. The molecule has 2 heteroatoms. The number of hydrogen-bond acceptors (Lipinski definition) is 0. The minimum Gasteiger partial charge on any atom is -0.168 e. The van der Waals surface area contributed by atoms with Gasteiger partial charge in [-0.2, -0.15) is 18.2 Å². The number of aryl methyl sites for hydroxylation is 2. The molecule has 0 nitrogen and oxygen atoms in total. The molecule has 6 aromatic rings. The van der Waals surface area contributed by atoms with Crippen molar-refractivity contribution in [1.82, 2.24) is 0 Å². The molecule has 0 unspecified atom stereocenters. The fourth-order valence-corrected chi connectivity index (χ4v) is 6.91. The molecule has 0 aromatic heterocycles. The van der Waals surface area contributed by atoms with Crippen LogP contribution in [0.1, 0.15) is 18.1 Å². The zero-order chi connectivity index (χ0) is 26.7. The molecule has 0 aliphatic heterocycles. The van der Waals surface area contributed by atoms with E-state index in [1.165, 1.54) is 48.6 Å². The number of allylic oxidation sites excluding steroid dienone is 3. The third-order valence-corrected chi connectivity index (χ3v) is 8.87. The van der Waals surface area contributed by atoms with E-state index < -0.39 is 7.92 Å². The van der Waals surface area contributed by atoms with Crippen LogP contribution in [0.2, 0.25) is 0 Å². The van der Waals surface area contributed by atoms with Gasteiger partial charge in [-0.15, -0.1) is 68.8 Å². The standard InChI is InChI=1S/C21H16P.C11H11.C5H8.Hf/c1-3-11-19(12-4-1)22(20-13-5-2-6-14-20)21-15-17-9-7-8-10-18(17)16-21;1-8-6-7-9(2)11-5-3-4-10(8)11;1-3-5-4-2;/h1-16H;3-7H,1-2H3;3-5H,1H2,2H3;/q2*-1;;. The van der Waals surface area contributed by atoms with Crippen LogP contribution in [0.4, 0.5) is 0 Å². The first-order chi connectivity index (χ1) is 18.6. The Morgan fingerprint density at radius 2 is 1.31 bits per heavy atom. The largest absolute Gasteiger partial charge is 0.168 e. The predicted molar refractivity (Wildman–Crippen MR) is 172 cm³/mol. The van der Waals surface area contributed by atoms with Gasteiger partial charge in [-0.25, -0.2) is 0 Å². The summed E-state index contributed by atoms with van der Waals surface area (Å²) in [5, 5.41) is 9.68. The molecule has 0 atom stereocenters. The summed E-state index contributed by atoms with van der Waals surface area (Å²) in [6.07, 6.45) is 5.58. The van der Waals surface area contributed by atoms with Crippen molar-refractivity contribution in [3.63, 3.8) is 0 Å². The van der Waals surface area contributed by atoms with Gasteiger partial charge in [-0.05, 0) is 32.4 Å². The maximum atomic E-state index is 3.46. The van der Waals surface area contributed by atoms with Crippen molar-refractivity contribution in [2.75, 3.05) is 0 Å². The second kappa shape index (κ2) is 15.5. The maximum absolute atomic E-state index is 3.46. The molecule has 6 rings (SSSR count). The van der Waals surface area contributed by atoms with E-state index in [0.717, 1.165) is 0 Å². The summed E-state index contributed by atoms with van der Waals surface area (Å²) in [7, 11) is -0.493. The van der Waals surface area contributed by atoms with Crippen molar-refractivity contribution in [2.45, 2.75) is 20.8 Å². The molecule has 0 spiro atoms. The Morgan fingerprint density at radius 1 is 0.718 bits per heavy atom. The second-order valence-electron chi connectivity index (χ2n) is 9.16. The Balaban J connectivity index is 0.000000207. The SMILES string of the molecule is C=CC=CC.Cc1ccc(C)c2[cH-]ccc12.[Hf].c1ccc(P(c2ccccc2)c2cc3ccccc3[cH-]2)cc1. The molecule has 194 valence electrons. The Labute approximate surface area is 254 Å². The minimum atomic E-state index is -0.493. The zero-order valence-electron chi connectivity index (χ0n) is 23.0. The van der Waals surface area contributed by atoms with Crippen molar-refractivity contribution in [1.29, 1.82) is 0 Å². The van der Waals surface area contributed by atoms with Gasteiger partial charge in [0, 0.05) is 25.8 Å². The third kappa shape index (κ3) is 7.95. The number of fused-ring (bicyclic) bond motifs is 2. The van der Waals surface area contributed by atoms with Gasteiger partial charge in [-0.3, -0.25) is 0 Å². The molecule has 0 bridgehead atoms. The van der Waals surface area contributed by atoms with Crippen LogP contribution in [-0.2, 0) is 25.8 Å². The van der Waals surface area contributed by atoms with Crippen molar-refractivity contribution in [3.05, 3.63) is 163 Å². The van der Waals surface area contributed by atoms with E-state index >= 15 is 0 Å². The van der Waals surface area contributed by atoms with E-state index in [1.807, 2.05) is 19.1 Å². The Bertz CT molecular complexity index is 1490. The molecule has 0 saturated heterocycles. The van der Waals surface area contributed by atoms with Gasteiger partial charge in [0.1, 0.15) is 0 Å². The first kappa shape index (κ1) is 30.4. The van der Waals surface area contributed by atoms with E-state index in [2.05, 4.69) is 148 Å². The number of rotatable bonds is 4. The van der Waals surface area contributed by atoms with Crippen LogP contribution in [0.25, 0.3) is 21.5 Å². The second-order valence-corrected chi connectivity index (χ2v) is 11.4. The van der Waals surface area contributed by atoms with Crippen LogP contribution < -0.4 is 15.9 Å². The molecule has 0 fully saturated rings. The molecule has 0 heterocycles. The van der Waals surface area contributed by atoms with E-state index in [-0.39, 0.29) is 25.8 Å². The van der Waals surface area contributed by atoms with Crippen LogP contribution in [-0.4, -0.2) is 0 Å². The van der Waals surface area contributed by atoms with Crippen LogP contribution >= 0.6 is 7.92 Å². The van der Waals surface area contributed by atoms with Crippen LogP contribution in [0.15, 0.2) is 152 Å². The van der Waals surface area contributed by atoms with Crippen LogP contribution in [0, 0.1) is 13.8 Å². The summed E-state index contributed by atoms with van der Waals surface area (Å²) in [6, 6.07) is 45.8. The van der Waals surface area contributed by atoms with Gasteiger partial charge in [-0.1, -0.05) is 110 Å². The van der Waals surface area contributed by atoms with Gasteiger partial charge in [0.15, 0.2) is 0 Å². The molecule has 0 saturated carbocycles. The van der Waals surface area contributed by atoms with E-state index in [0.29, 0.717) is 0 Å². The number of benzene rings is 4. The molecule has 39 heavy (non-hydrogen) atoms. The van der Waals surface area contributed by atoms with Crippen molar-refractivity contribution in [3.8, 4) is 0 Å². The first-order valence-corrected chi connectivity index (χ1v) is 14.4. The molecule has 6 aromatic carbocycles. The topological polar surface area (TPSA) is 0 Å². The van der Waals surface area contributed by atoms with Crippen molar-refractivity contribution < 1.29 is 25.8 Å². The molecule has 0 radical (unpaired) electrons. The number of hydrogen-bond donors (Lipinski definition) is 0. The van der Waals surface area contributed by atoms with E-state index in [1.54, 1.807) is 6.08 Å². The van der Waals surface area contributed by atoms with Gasteiger partial charge < -0.3 is 0 Å². The van der Waals surface area contributed by atoms with Crippen molar-refractivity contribution in [2.24, 2.45) is 0 Å². The van der Waals surface area contributed by atoms with Crippen LogP contribution in [0.3, 0.4) is 0 Å². The molecular weight excluding hydrogens is 654 g/mol. The first-order valence-electron chi connectivity index (χ1n) is 13.0. The summed E-state index contributed by atoms with van der Waals surface area (Å²) < 4.78 is 0. The fourth-order valence-electron chi connectivity index (χ4n) is 4.54. The van der Waals surface area contributed by atoms with Crippen LogP contribution in [0.5, 0.6) is 0 Å². The summed E-state index contributed by atoms with van der Waals surface area (Å²) in [6.45, 7) is 9.73. The zero-order valence-corrected chi connectivity index (χ0v) is 27.5.